The van der Waals surface area contributed by atoms with Crippen molar-refractivity contribution < 1.29 is 19.4 Å². The van der Waals surface area contributed by atoms with Gasteiger partial charge in [0.05, 0.1) is 6.61 Å². The van der Waals surface area contributed by atoms with Gasteiger partial charge in [0.2, 0.25) is 11.6 Å². The number of tetrazole rings is 1. The summed E-state index contributed by atoms with van der Waals surface area (Å²) in [5, 5.41) is 24.8. The van der Waals surface area contributed by atoms with E-state index >= 15 is 0 Å². The zero-order valence-electron chi connectivity index (χ0n) is 32.0. The van der Waals surface area contributed by atoms with Crippen molar-refractivity contribution >= 4 is 11.8 Å². The summed E-state index contributed by atoms with van der Waals surface area (Å²) >= 11 is 0. The predicted octanol–water partition coefficient (Wildman–Crippen LogP) is 8.01. The summed E-state index contributed by atoms with van der Waals surface area (Å²) < 4.78 is 7.25. The molecule has 5 aromatic carbocycles. The van der Waals surface area contributed by atoms with Crippen LogP contribution in [-0.4, -0.2) is 53.2 Å². The number of carbonyl (C=O) groups is 2. The molecule has 0 spiro atoms. The lowest BCUT2D eigenvalue weighted by Crippen LogP contribution is -2.39. The van der Waals surface area contributed by atoms with Gasteiger partial charge in [-0.2, -0.15) is 0 Å². The lowest BCUT2D eigenvalue weighted by Gasteiger charge is -2.34. The molecule has 0 unspecified atom stereocenters. The van der Waals surface area contributed by atoms with Crippen molar-refractivity contribution in [2.24, 2.45) is 0 Å². The third-order valence-corrected chi connectivity index (χ3v) is 9.84. The maximum atomic E-state index is 14.4. The van der Waals surface area contributed by atoms with Crippen LogP contribution in [0.4, 0.5) is 0 Å². The van der Waals surface area contributed by atoms with Crippen LogP contribution in [0.3, 0.4) is 0 Å². The monoisotopic (exact) mass is 744 g/mol. The highest BCUT2D eigenvalue weighted by Gasteiger charge is 2.41. The summed E-state index contributed by atoms with van der Waals surface area (Å²) in [4.78, 5) is 33.9. The molecule has 7 aromatic rings. The Kier molecular flexibility index (Phi) is 10.8. The van der Waals surface area contributed by atoms with E-state index in [9.17, 15) is 14.7 Å². The van der Waals surface area contributed by atoms with Gasteiger partial charge in [-0.15, -0.1) is 15.0 Å². The number of esters is 1. The van der Waals surface area contributed by atoms with E-state index in [0.717, 1.165) is 34.2 Å². The van der Waals surface area contributed by atoms with Gasteiger partial charge < -0.3 is 14.4 Å². The second-order valence-electron chi connectivity index (χ2n) is 14.1. The molecular weight excluding hydrogens is 701 g/mol. The quantitative estimate of drug-likeness (QED) is 0.0675. The van der Waals surface area contributed by atoms with Gasteiger partial charge in [-0.1, -0.05) is 146 Å². The molecule has 0 aliphatic rings. The molecule has 0 amide bonds. The minimum Gasteiger partial charge on any atom is -0.461 e. The highest BCUT2D eigenvalue weighted by molar-refractivity contribution is 6.10. The number of rotatable bonds is 14. The standard InChI is InChI=1S/C46H44N6O4/c1-5-18-39-47-42(45(3,4)55)40(44(54)56-6-2)51(39)31-32-27-29-33(30-28-32)37-25-16-17-26-38(37)41(53)43-48-50-52(49-43)46(34-19-10-7-11-20-34,35-21-12-8-13-22-35)36-23-14-9-15-24-36/h7-17,19-30,55H,5-6,18,31H2,1-4H3. The summed E-state index contributed by atoms with van der Waals surface area (Å²) in [5.74, 6) is -0.217. The SMILES string of the molecule is CCCc1nc(C(C)(C)O)c(C(=O)OCC)n1Cc1ccc(-c2ccccc2C(=O)c2nnn(C(c3ccccc3)(c3ccccc3)c3ccccc3)n2)cc1. The first kappa shape index (κ1) is 37.8. The molecule has 10 heteroatoms. The Morgan fingerprint density at radius 1 is 0.732 bits per heavy atom. The lowest BCUT2D eigenvalue weighted by atomic mass is 9.77. The van der Waals surface area contributed by atoms with Gasteiger partial charge in [0.15, 0.2) is 11.2 Å². The van der Waals surface area contributed by atoms with Crippen molar-refractivity contribution in [1.82, 2.24) is 29.8 Å². The summed E-state index contributed by atoms with van der Waals surface area (Å²) in [6, 6.07) is 45.2. The molecule has 0 bridgehead atoms. The number of aromatic nitrogens is 6. The number of aryl methyl sites for hydroxylation is 1. The van der Waals surface area contributed by atoms with Crippen molar-refractivity contribution in [2.45, 2.75) is 58.2 Å². The average Bonchev–Trinajstić information content (AvgIpc) is 3.86. The number of carbonyl (C=O) groups excluding carboxylic acids is 2. The fraction of sp³-hybridized carbons (Fsp3) is 0.217. The number of imidazole rings is 1. The average molecular weight is 745 g/mol. The number of nitrogens with zero attached hydrogens (tertiary/aromatic N) is 6. The first-order valence-electron chi connectivity index (χ1n) is 18.9. The topological polar surface area (TPSA) is 125 Å². The summed E-state index contributed by atoms with van der Waals surface area (Å²) in [7, 11) is 0. The molecule has 7 rings (SSSR count). The zero-order valence-corrected chi connectivity index (χ0v) is 32.0. The number of hydrogen-bond donors (Lipinski definition) is 1. The van der Waals surface area contributed by atoms with Crippen molar-refractivity contribution in [1.29, 1.82) is 0 Å². The van der Waals surface area contributed by atoms with E-state index in [2.05, 4.69) is 10.3 Å². The van der Waals surface area contributed by atoms with Crippen molar-refractivity contribution in [3.05, 3.63) is 190 Å². The highest BCUT2D eigenvalue weighted by atomic mass is 16.5. The van der Waals surface area contributed by atoms with Gasteiger partial charge in [-0.05, 0) is 65.8 Å². The lowest BCUT2D eigenvalue weighted by molar-refractivity contribution is 0.0469. The molecule has 2 heterocycles. The van der Waals surface area contributed by atoms with Crippen LogP contribution in [0, 0.1) is 0 Å². The van der Waals surface area contributed by atoms with Crippen molar-refractivity contribution in [3.8, 4) is 11.1 Å². The number of ketones is 1. The number of ether oxygens (including phenoxy) is 1. The van der Waals surface area contributed by atoms with Crippen LogP contribution in [0.25, 0.3) is 11.1 Å². The molecule has 0 fully saturated rings. The van der Waals surface area contributed by atoms with Gasteiger partial charge in [0.25, 0.3) is 0 Å². The largest absolute Gasteiger partial charge is 0.461 e. The molecule has 0 saturated carbocycles. The van der Waals surface area contributed by atoms with Gasteiger partial charge in [0, 0.05) is 18.5 Å². The minimum atomic E-state index is -1.34. The van der Waals surface area contributed by atoms with Gasteiger partial charge in [0.1, 0.15) is 17.1 Å². The summed E-state index contributed by atoms with van der Waals surface area (Å²) in [6.45, 7) is 7.57. The van der Waals surface area contributed by atoms with Gasteiger partial charge in [-0.3, -0.25) is 4.79 Å². The van der Waals surface area contributed by atoms with Crippen LogP contribution < -0.4 is 0 Å². The third kappa shape index (κ3) is 7.19. The van der Waals surface area contributed by atoms with E-state index in [1.807, 2.05) is 145 Å². The van der Waals surface area contributed by atoms with E-state index < -0.39 is 17.1 Å². The fourth-order valence-corrected chi connectivity index (χ4v) is 7.27. The van der Waals surface area contributed by atoms with Gasteiger partial charge in [-0.25, -0.2) is 9.78 Å². The first-order valence-corrected chi connectivity index (χ1v) is 18.9. The summed E-state index contributed by atoms with van der Waals surface area (Å²) in [6.07, 6.45) is 1.43. The number of hydrogen-bond acceptors (Lipinski definition) is 8. The molecule has 0 saturated heterocycles. The fourth-order valence-electron chi connectivity index (χ4n) is 7.27. The first-order chi connectivity index (χ1) is 27.2. The molecule has 0 aliphatic heterocycles. The molecule has 0 atom stereocenters. The van der Waals surface area contributed by atoms with E-state index in [4.69, 9.17) is 14.8 Å². The maximum Gasteiger partial charge on any atom is 0.357 e. The van der Waals surface area contributed by atoms with Crippen LogP contribution in [0.15, 0.2) is 140 Å². The predicted molar refractivity (Wildman–Crippen MR) is 214 cm³/mol. The molecule has 10 nitrogen and oxygen atoms in total. The van der Waals surface area contributed by atoms with E-state index in [1.165, 1.54) is 0 Å². The highest BCUT2D eigenvalue weighted by Crippen LogP contribution is 2.40. The van der Waals surface area contributed by atoms with E-state index in [1.54, 1.807) is 31.6 Å². The number of benzene rings is 5. The zero-order chi connectivity index (χ0) is 39.3. The molecule has 56 heavy (non-hydrogen) atoms. The van der Waals surface area contributed by atoms with Crippen molar-refractivity contribution in [2.75, 3.05) is 6.61 Å². The Morgan fingerprint density at radius 2 is 1.29 bits per heavy atom. The minimum absolute atomic E-state index is 0.0288. The Bertz CT molecular complexity index is 2340. The van der Waals surface area contributed by atoms with Crippen LogP contribution in [0.2, 0.25) is 0 Å². The Balaban J connectivity index is 1.25. The van der Waals surface area contributed by atoms with E-state index in [-0.39, 0.29) is 23.9 Å². The molecule has 2 aromatic heterocycles. The number of aliphatic hydroxyl groups is 1. The molecule has 282 valence electrons. The van der Waals surface area contributed by atoms with Crippen LogP contribution in [0.1, 0.15) is 94.6 Å². The maximum absolute atomic E-state index is 14.4. The van der Waals surface area contributed by atoms with Crippen molar-refractivity contribution in [3.63, 3.8) is 0 Å². The normalized spacial score (nSPS) is 11.7. The van der Waals surface area contributed by atoms with Gasteiger partial charge >= 0.3 is 5.97 Å². The molecule has 0 radical (unpaired) electrons. The van der Waals surface area contributed by atoms with E-state index in [0.29, 0.717) is 35.6 Å². The smallest absolute Gasteiger partial charge is 0.357 e. The molecule has 0 aliphatic carbocycles. The Hall–Kier alpha value is -6.52. The second-order valence-corrected chi connectivity index (χ2v) is 14.1. The van der Waals surface area contributed by atoms with Crippen LogP contribution in [0.5, 0.6) is 0 Å². The summed E-state index contributed by atoms with van der Waals surface area (Å²) in [5.41, 5.74) is 3.80. The second kappa shape index (κ2) is 16.1. The Labute approximate surface area is 326 Å². The van der Waals surface area contributed by atoms with Crippen LogP contribution in [-0.2, 0) is 28.8 Å². The Morgan fingerprint density at radius 3 is 1.82 bits per heavy atom. The molecule has 1 N–H and O–H groups in total. The van der Waals surface area contributed by atoms with Crippen LogP contribution >= 0.6 is 0 Å². The molecular formula is C46H44N6O4. The third-order valence-electron chi connectivity index (χ3n) is 9.84.